The van der Waals surface area contributed by atoms with Gasteiger partial charge in [-0.2, -0.15) is 0 Å². The molecular weight excluding hydrogens is 250 g/mol. The molecule has 5 heteroatoms. The van der Waals surface area contributed by atoms with E-state index in [4.69, 9.17) is 0 Å². The third kappa shape index (κ3) is 1.02. The highest BCUT2D eigenvalue weighted by Gasteiger charge is 2.33. The molecule has 96 valence electrons. The first-order valence-electron chi connectivity index (χ1n) is 6.62. The monoisotopic (exact) mass is 262 g/mol. The molecule has 0 fully saturated rings. The summed E-state index contributed by atoms with van der Waals surface area (Å²) in [5.74, 6) is 1.22. The first-order chi connectivity index (χ1) is 9.84. The van der Waals surface area contributed by atoms with Gasteiger partial charge in [-0.05, 0) is 18.2 Å². The average molecular weight is 262 g/mol. The minimum absolute atomic E-state index is 0.823. The molecule has 0 N–H and O–H groups in total. The number of pyridine rings is 1. The fraction of sp³-hybridized carbons (Fsp3) is 0.133. The first-order valence-corrected chi connectivity index (χ1v) is 6.62. The molecule has 20 heavy (non-hydrogen) atoms. The summed E-state index contributed by atoms with van der Waals surface area (Å²) in [4.78, 5) is 8.74. The molecule has 0 aromatic carbocycles. The van der Waals surface area contributed by atoms with Crippen molar-refractivity contribution in [2.24, 2.45) is 7.05 Å². The van der Waals surface area contributed by atoms with Crippen LogP contribution in [0.3, 0.4) is 0 Å². The van der Waals surface area contributed by atoms with Crippen LogP contribution < -0.4 is 4.57 Å². The van der Waals surface area contributed by atoms with E-state index in [1.165, 1.54) is 28.1 Å². The lowest BCUT2D eigenvalue weighted by Crippen LogP contribution is -2.32. The fourth-order valence-corrected chi connectivity index (χ4v) is 3.30. The van der Waals surface area contributed by atoms with Crippen LogP contribution in [0.1, 0.15) is 5.69 Å². The van der Waals surface area contributed by atoms with Crippen LogP contribution in [-0.2, 0) is 13.6 Å². The van der Waals surface area contributed by atoms with Gasteiger partial charge >= 0.3 is 0 Å². The van der Waals surface area contributed by atoms with Gasteiger partial charge in [0.2, 0.25) is 5.82 Å². The number of aromatic nitrogens is 5. The van der Waals surface area contributed by atoms with Crippen LogP contribution in [0, 0.1) is 0 Å². The molecule has 0 aliphatic carbocycles. The van der Waals surface area contributed by atoms with Crippen molar-refractivity contribution in [1.82, 2.24) is 18.9 Å². The topological polar surface area (TPSA) is 39.0 Å². The van der Waals surface area contributed by atoms with E-state index in [1.807, 2.05) is 30.9 Å². The summed E-state index contributed by atoms with van der Waals surface area (Å²) in [6.07, 6.45) is 5.57. The number of rotatable bonds is 0. The summed E-state index contributed by atoms with van der Waals surface area (Å²) in [5, 5.41) is 0. The lowest BCUT2D eigenvalue weighted by atomic mass is 10.2. The van der Waals surface area contributed by atoms with Crippen LogP contribution in [0.4, 0.5) is 0 Å². The van der Waals surface area contributed by atoms with Gasteiger partial charge in [-0.1, -0.05) is 0 Å². The van der Waals surface area contributed by atoms with E-state index in [2.05, 4.69) is 42.7 Å². The Morgan fingerprint density at radius 1 is 1.25 bits per heavy atom. The summed E-state index contributed by atoms with van der Waals surface area (Å²) in [5.41, 5.74) is 5.94. The molecule has 4 aromatic rings. The SMILES string of the molecule is Cn1c2[n+](c3c1cc1ccncn13)Cc1ncccc1-2. The van der Waals surface area contributed by atoms with Crippen molar-refractivity contribution in [1.29, 1.82) is 0 Å². The lowest BCUT2D eigenvalue weighted by Gasteiger charge is -1.95. The fourth-order valence-electron chi connectivity index (χ4n) is 3.30. The number of fused-ring (bicyclic) bond motifs is 7. The first kappa shape index (κ1) is 10.1. The summed E-state index contributed by atoms with van der Waals surface area (Å²) < 4.78 is 6.71. The molecule has 0 amide bonds. The largest absolute Gasteiger partial charge is 0.275 e. The van der Waals surface area contributed by atoms with E-state index in [0.717, 1.165) is 12.2 Å². The minimum atomic E-state index is 0.823. The van der Waals surface area contributed by atoms with Gasteiger partial charge in [-0.15, -0.1) is 0 Å². The van der Waals surface area contributed by atoms with Gasteiger partial charge in [-0.3, -0.25) is 9.55 Å². The van der Waals surface area contributed by atoms with Crippen LogP contribution >= 0.6 is 0 Å². The van der Waals surface area contributed by atoms with Crippen LogP contribution in [0.25, 0.3) is 28.1 Å². The Bertz CT molecular complexity index is 992. The molecule has 0 radical (unpaired) electrons. The van der Waals surface area contributed by atoms with Gasteiger partial charge < -0.3 is 0 Å². The molecule has 0 bridgehead atoms. The standard InChI is InChI=1S/C15H12N5/c1-18-13-7-10-4-6-16-9-20(10)15(13)19-8-12-11(14(18)19)3-2-5-17-12/h2-7,9H,8H2,1H3/q+1. The molecule has 1 aliphatic rings. The van der Waals surface area contributed by atoms with Crippen LogP contribution in [0.5, 0.6) is 0 Å². The number of aryl methyl sites for hydroxylation is 1. The van der Waals surface area contributed by atoms with E-state index in [9.17, 15) is 0 Å². The van der Waals surface area contributed by atoms with Crippen molar-refractivity contribution in [3.8, 4) is 11.4 Å². The third-order valence-electron chi connectivity index (χ3n) is 4.16. The van der Waals surface area contributed by atoms with Crippen molar-refractivity contribution >= 4 is 16.7 Å². The maximum atomic E-state index is 4.50. The molecule has 4 aromatic heterocycles. The van der Waals surface area contributed by atoms with Crippen molar-refractivity contribution < 1.29 is 4.57 Å². The average Bonchev–Trinajstić information content (AvgIpc) is 3.10. The van der Waals surface area contributed by atoms with Gasteiger partial charge in [0.05, 0.1) is 18.3 Å². The zero-order valence-corrected chi connectivity index (χ0v) is 11.0. The van der Waals surface area contributed by atoms with Crippen LogP contribution in [-0.4, -0.2) is 18.9 Å². The van der Waals surface area contributed by atoms with E-state index >= 15 is 0 Å². The highest BCUT2D eigenvalue weighted by molar-refractivity contribution is 5.82. The highest BCUT2D eigenvalue weighted by atomic mass is 15.2. The molecule has 5 heterocycles. The van der Waals surface area contributed by atoms with E-state index in [1.54, 1.807) is 0 Å². The molecule has 0 unspecified atom stereocenters. The lowest BCUT2D eigenvalue weighted by molar-refractivity contribution is -0.648. The number of hydrogen-bond acceptors (Lipinski definition) is 2. The van der Waals surface area contributed by atoms with Crippen molar-refractivity contribution in [2.75, 3.05) is 0 Å². The normalized spacial score (nSPS) is 13.1. The molecule has 5 nitrogen and oxygen atoms in total. The zero-order chi connectivity index (χ0) is 13.3. The molecule has 0 spiro atoms. The second kappa shape index (κ2) is 3.25. The smallest absolute Gasteiger partial charge is 0.257 e. The third-order valence-corrected chi connectivity index (χ3v) is 4.16. The predicted octanol–water partition coefficient (Wildman–Crippen LogP) is 1.54. The van der Waals surface area contributed by atoms with Gasteiger partial charge in [-0.25, -0.2) is 14.0 Å². The molecule has 0 saturated carbocycles. The van der Waals surface area contributed by atoms with E-state index in [-0.39, 0.29) is 0 Å². The Morgan fingerprint density at radius 2 is 2.20 bits per heavy atom. The number of nitrogens with zero attached hydrogens (tertiary/aromatic N) is 5. The molecule has 1 aliphatic heterocycles. The van der Waals surface area contributed by atoms with Gasteiger partial charge in [0.15, 0.2) is 11.8 Å². The van der Waals surface area contributed by atoms with Crippen LogP contribution in [0.2, 0.25) is 0 Å². The predicted molar refractivity (Wildman–Crippen MR) is 74.2 cm³/mol. The van der Waals surface area contributed by atoms with E-state index < -0.39 is 0 Å². The summed E-state index contributed by atoms with van der Waals surface area (Å²) >= 11 is 0. The van der Waals surface area contributed by atoms with Gasteiger partial charge in [0.1, 0.15) is 12.1 Å². The van der Waals surface area contributed by atoms with Gasteiger partial charge in [0, 0.05) is 18.5 Å². The maximum absolute atomic E-state index is 4.50. The molecule has 0 atom stereocenters. The summed E-state index contributed by atoms with van der Waals surface area (Å²) in [7, 11) is 2.11. The second-order valence-corrected chi connectivity index (χ2v) is 5.19. The Labute approximate surface area is 114 Å². The Hall–Kier alpha value is -2.69. The maximum Gasteiger partial charge on any atom is 0.275 e. The Morgan fingerprint density at radius 3 is 3.15 bits per heavy atom. The van der Waals surface area contributed by atoms with Crippen molar-refractivity contribution in [2.45, 2.75) is 6.54 Å². The van der Waals surface area contributed by atoms with Gasteiger partial charge in [0.25, 0.3) is 5.65 Å². The zero-order valence-electron chi connectivity index (χ0n) is 11.0. The molecular formula is C15H12N5+. The summed E-state index contributed by atoms with van der Waals surface area (Å²) in [6.45, 7) is 0.823. The van der Waals surface area contributed by atoms with Crippen molar-refractivity contribution in [3.63, 3.8) is 0 Å². The second-order valence-electron chi connectivity index (χ2n) is 5.19. The molecule has 0 saturated heterocycles. The quantitative estimate of drug-likeness (QED) is 0.397. The minimum Gasteiger partial charge on any atom is -0.257 e. The highest BCUT2D eigenvalue weighted by Crippen LogP contribution is 2.30. The number of imidazole rings is 1. The van der Waals surface area contributed by atoms with Crippen LogP contribution in [0.15, 0.2) is 43.0 Å². The number of hydrogen-bond donors (Lipinski definition) is 0. The Kier molecular flexibility index (Phi) is 1.65. The van der Waals surface area contributed by atoms with E-state index in [0.29, 0.717) is 0 Å². The Balaban J connectivity index is 1.99. The summed E-state index contributed by atoms with van der Waals surface area (Å²) in [6, 6.07) is 8.38. The van der Waals surface area contributed by atoms with Crippen molar-refractivity contribution in [3.05, 3.63) is 48.7 Å². The molecule has 5 rings (SSSR count).